The van der Waals surface area contributed by atoms with Crippen LogP contribution in [0.25, 0.3) is 27.5 Å². The third-order valence-electron chi connectivity index (χ3n) is 10.0. The predicted octanol–water partition coefficient (Wildman–Crippen LogP) is 11.2. The molecule has 0 saturated carbocycles. The highest BCUT2D eigenvalue weighted by Gasteiger charge is 2.37. The second-order valence-corrected chi connectivity index (χ2v) is 13.8. The standard InChI is InChI=1S/C45H42N2O2/c1-31-13-17-33(18-14-31)29-48-25-26-49-30-34-19-23-36(24-20-34)47-42-12-8-6-10-39(42)45(3,4)40-28-43-38(27-44(40)47)37-9-5-7-11-41(37)46(43)35-21-15-32(2)16-22-35/h5-24,27-28H,25-26,29-30H2,1-4H3. The average molecular weight is 643 g/mol. The predicted molar refractivity (Wildman–Crippen MR) is 203 cm³/mol. The Kier molecular flexibility index (Phi) is 8.07. The number of hydrogen-bond donors (Lipinski definition) is 0. The quantitative estimate of drug-likeness (QED) is 0.147. The zero-order valence-electron chi connectivity index (χ0n) is 28.7. The Hall–Kier alpha value is -5.16. The summed E-state index contributed by atoms with van der Waals surface area (Å²) in [5.74, 6) is 0. The van der Waals surface area contributed by atoms with Gasteiger partial charge in [-0.05, 0) is 84.6 Å². The normalized spacial score (nSPS) is 13.5. The minimum absolute atomic E-state index is 0.194. The molecular weight excluding hydrogens is 601 g/mol. The van der Waals surface area contributed by atoms with Gasteiger partial charge in [-0.3, -0.25) is 0 Å². The van der Waals surface area contributed by atoms with Crippen molar-refractivity contribution in [1.82, 2.24) is 4.57 Å². The molecule has 0 radical (unpaired) electrons. The van der Waals surface area contributed by atoms with E-state index >= 15 is 0 Å². The number of fused-ring (bicyclic) bond motifs is 5. The first kappa shape index (κ1) is 31.1. The molecular formula is C45H42N2O2. The molecule has 244 valence electrons. The molecule has 7 aromatic rings. The van der Waals surface area contributed by atoms with Crippen molar-refractivity contribution in [2.24, 2.45) is 0 Å². The summed E-state index contributed by atoms with van der Waals surface area (Å²) in [7, 11) is 0. The summed E-state index contributed by atoms with van der Waals surface area (Å²) < 4.78 is 14.3. The van der Waals surface area contributed by atoms with Gasteiger partial charge in [0, 0.05) is 27.6 Å². The maximum Gasteiger partial charge on any atom is 0.0718 e. The second kappa shape index (κ2) is 12.7. The smallest absolute Gasteiger partial charge is 0.0718 e. The zero-order chi connectivity index (χ0) is 33.5. The van der Waals surface area contributed by atoms with Crippen LogP contribution in [0.2, 0.25) is 0 Å². The number of aromatic nitrogens is 1. The molecule has 0 fully saturated rings. The molecule has 49 heavy (non-hydrogen) atoms. The van der Waals surface area contributed by atoms with Crippen molar-refractivity contribution in [3.05, 3.63) is 167 Å². The molecule has 0 N–H and O–H groups in total. The summed E-state index contributed by atoms with van der Waals surface area (Å²) in [6.45, 7) is 11.2. The summed E-state index contributed by atoms with van der Waals surface area (Å²) in [5.41, 5.74) is 14.5. The summed E-state index contributed by atoms with van der Waals surface area (Å²) in [6.07, 6.45) is 0. The molecule has 1 aliphatic heterocycles. The van der Waals surface area contributed by atoms with Gasteiger partial charge in [0.2, 0.25) is 0 Å². The molecule has 0 spiro atoms. The van der Waals surface area contributed by atoms with Gasteiger partial charge in [-0.1, -0.05) is 110 Å². The highest BCUT2D eigenvalue weighted by molar-refractivity contribution is 6.11. The van der Waals surface area contributed by atoms with E-state index in [2.05, 4.69) is 171 Å². The fourth-order valence-corrected chi connectivity index (χ4v) is 7.33. The van der Waals surface area contributed by atoms with Crippen molar-refractivity contribution in [3.63, 3.8) is 0 Å². The Morgan fingerprint density at radius 3 is 1.78 bits per heavy atom. The van der Waals surface area contributed by atoms with Crippen molar-refractivity contribution >= 4 is 38.9 Å². The van der Waals surface area contributed by atoms with Crippen LogP contribution < -0.4 is 4.90 Å². The van der Waals surface area contributed by atoms with Crippen LogP contribution in [0.1, 0.15) is 47.2 Å². The summed E-state index contributed by atoms with van der Waals surface area (Å²) in [6, 6.07) is 48.7. The van der Waals surface area contributed by atoms with Crippen molar-refractivity contribution in [2.45, 2.75) is 46.3 Å². The van der Waals surface area contributed by atoms with Crippen LogP contribution >= 0.6 is 0 Å². The zero-order valence-corrected chi connectivity index (χ0v) is 28.7. The van der Waals surface area contributed by atoms with E-state index in [9.17, 15) is 0 Å². The molecule has 8 rings (SSSR count). The third kappa shape index (κ3) is 5.71. The molecule has 0 aliphatic carbocycles. The number of rotatable bonds is 9. The molecule has 0 atom stereocenters. The minimum Gasteiger partial charge on any atom is -0.374 e. The maximum atomic E-state index is 6.00. The molecule has 4 heteroatoms. The largest absolute Gasteiger partial charge is 0.374 e. The third-order valence-corrected chi connectivity index (χ3v) is 10.0. The Balaban J connectivity index is 1.12. The molecule has 6 aromatic carbocycles. The van der Waals surface area contributed by atoms with E-state index in [0.717, 1.165) is 11.3 Å². The lowest BCUT2D eigenvalue weighted by Crippen LogP contribution is -2.30. The fourth-order valence-electron chi connectivity index (χ4n) is 7.33. The molecule has 1 aliphatic rings. The van der Waals surface area contributed by atoms with E-state index < -0.39 is 0 Å². The second-order valence-electron chi connectivity index (χ2n) is 13.8. The van der Waals surface area contributed by atoms with Gasteiger partial charge >= 0.3 is 0 Å². The van der Waals surface area contributed by atoms with Crippen molar-refractivity contribution in [1.29, 1.82) is 0 Å². The first-order valence-electron chi connectivity index (χ1n) is 17.2. The Bertz CT molecular complexity index is 2260. The Morgan fingerprint density at radius 1 is 0.510 bits per heavy atom. The molecule has 4 nitrogen and oxygen atoms in total. The van der Waals surface area contributed by atoms with Gasteiger partial charge in [-0.25, -0.2) is 0 Å². The number of aryl methyl sites for hydroxylation is 2. The van der Waals surface area contributed by atoms with Gasteiger partial charge in [-0.15, -0.1) is 0 Å². The first-order valence-corrected chi connectivity index (χ1v) is 17.2. The average Bonchev–Trinajstić information content (AvgIpc) is 3.44. The number of ether oxygens (including phenoxy) is 2. The van der Waals surface area contributed by atoms with Crippen molar-refractivity contribution in [2.75, 3.05) is 18.1 Å². The molecule has 0 unspecified atom stereocenters. The molecule has 0 amide bonds. The Labute approximate surface area is 289 Å². The highest BCUT2D eigenvalue weighted by Crippen LogP contribution is 2.53. The van der Waals surface area contributed by atoms with E-state index in [0.29, 0.717) is 26.4 Å². The number of hydrogen-bond acceptors (Lipinski definition) is 3. The molecule has 2 heterocycles. The number of para-hydroxylation sites is 2. The highest BCUT2D eigenvalue weighted by atomic mass is 16.5. The SMILES string of the molecule is Cc1ccc(COCCOCc2ccc(N3c4ccccc4C(C)(C)c4cc5c(cc43)c3ccccc3n5-c3ccc(C)cc3)cc2)cc1. The maximum absolute atomic E-state index is 6.00. The summed E-state index contributed by atoms with van der Waals surface area (Å²) >= 11 is 0. The van der Waals surface area contributed by atoms with Crippen LogP contribution in [0, 0.1) is 13.8 Å². The van der Waals surface area contributed by atoms with Gasteiger partial charge < -0.3 is 18.9 Å². The molecule has 0 saturated heterocycles. The Morgan fingerprint density at radius 2 is 1.08 bits per heavy atom. The summed E-state index contributed by atoms with van der Waals surface area (Å²) in [5, 5.41) is 2.51. The van der Waals surface area contributed by atoms with Crippen LogP contribution in [-0.4, -0.2) is 17.8 Å². The lowest BCUT2D eigenvalue weighted by Gasteiger charge is -2.42. The lowest BCUT2D eigenvalue weighted by atomic mass is 9.73. The fraction of sp³-hybridized carbons (Fsp3) is 0.200. The minimum atomic E-state index is -0.194. The van der Waals surface area contributed by atoms with Crippen LogP contribution in [0.3, 0.4) is 0 Å². The number of nitrogens with zero attached hydrogens (tertiary/aromatic N) is 2. The molecule has 1 aromatic heterocycles. The van der Waals surface area contributed by atoms with Crippen LogP contribution in [-0.2, 0) is 28.1 Å². The van der Waals surface area contributed by atoms with Gasteiger partial charge in [0.1, 0.15) is 0 Å². The van der Waals surface area contributed by atoms with E-state index in [1.54, 1.807) is 0 Å². The van der Waals surface area contributed by atoms with Crippen molar-refractivity contribution < 1.29 is 9.47 Å². The molecule has 0 bridgehead atoms. The lowest BCUT2D eigenvalue weighted by molar-refractivity contribution is 0.0339. The topological polar surface area (TPSA) is 26.6 Å². The van der Waals surface area contributed by atoms with E-state index in [1.165, 1.54) is 66.7 Å². The van der Waals surface area contributed by atoms with Crippen LogP contribution in [0.4, 0.5) is 17.1 Å². The van der Waals surface area contributed by atoms with Crippen LogP contribution in [0.15, 0.2) is 133 Å². The number of anilines is 3. The van der Waals surface area contributed by atoms with E-state index in [-0.39, 0.29) is 5.41 Å². The van der Waals surface area contributed by atoms with Gasteiger partial charge in [-0.2, -0.15) is 0 Å². The monoisotopic (exact) mass is 642 g/mol. The van der Waals surface area contributed by atoms with Gasteiger partial charge in [0.05, 0.1) is 48.8 Å². The summed E-state index contributed by atoms with van der Waals surface area (Å²) in [4.78, 5) is 2.44. The van der Waals surface area contributed by atoms with E-state index in [1.807, 2.05) is 0 Å². The van der Waals surface area contributed by atoms with Gasteiger partial charge in [0.25, 0.3) is 0 Å². The first-order chi connectivity index (χ1) is 23.9. The number of benzene rings is 6. The van der Waals surface area contributed by atoms with Crippen LogP contribution in [0.5, 0.6) is 0 Å². The van der Waals surface area contributed by atoms with Crippen molar-refractivity contribution in [3.8, 4) is 5.69 Å². The van der Waals surface area contributed by atoms with Gasteiger partial charge in [0.15, 0.2) is 0 Å². The van der Waals surface area contributed by atoms with E-state index in [4.69, 9.17) is 9.47 Å².